The lowest BCUT2D eigenvalue weighted by atomic mass is 10.1. The van der Waals surface area contributed by atoms with Gasteiger partial charge in [0.1, 0.15) is 0 Å². The van der Waals surface area contributed by atoms with Gasteiger partial charge in [-0.2, -0.15) is 0 Å². The minimum Gasteiger partial charge on any atom is -0.383 e. The van der Waals surface area contributed by atoms with Gasteiger partial charge in [-0.25, -0.2) is 0 Å². The number of imide groups is 1. The van der Waals surface area contributed by atoms with Gasteiger partial charge in [-0.05, 0) is 13.1 Å². The topological polar surface area (TPSA) is 108 Å². The number of anilines is 1. The number of nitrogens with one attached hydrogen (secondary N) is 2. The molecule has 0 atom stereocenters. The normalized spacial score (nSPS) is 15.7. The van der Waals surface area contributed by atoms with Gasteiger partial charge in [-0.3, -0.25) is 29.9 Å². The largest absolute Gasteiger partial charge is 0.383 e. The van der Waals surface area contributed by atoms with E-state index in [1.807, 2.05) is 5.32 Å². The predicted octanol–water partition coefficient (Wildman–Crippen LogP) is 0.140. The number of hydrogen-bond acceptors (Lipinski definition) is 7. The molecule has 9 heteroatoms. The first-order valence-corrected chi connectivity index (χ1v) is 7.69. The maximum atomic E-state index is 11.9. The fraction of sp³-hybridized carbons (Fsp3) is 0.467. The molecule has 0 bridgehead atoms. The molecule has 0 aromatic heterocycles. The standard InChI is InChI=1S/C15H21N5O4/c1-18-6-8-19(9-7-18)5-4-16-14-3-2-12(20(23)24)10-13(14)15(22)17-11-21/h2-3,10-11,16H,4-9H2,1H3,(H,17,21,22). The molecule has 9 nitrogen and oxygen atoms in total. The van der Waals surface area contributed by atoms with E-state index in [9.17, 15) is 19.7 Å². The zero-order valence-electron chi connectivity index (χ0n) is 13.5. The second-order valence-corrected chi connectivity index (χ2v) is 5.65. The maximum absolute atomic E-state index is 11.9. The number of carbonyl (C=O) groups is 2. The first-order chi connectivity index (χ1) is 11.5. The highest BCUT2D eigenvalue weighted by molar-refractivity contribution is 6.04. The van der Waals surface area contributed by atoms with E-state index in [1.165, 1.54) is 12.1 Å². The van der Waals surface area contributed by atoms with Crippen molar-refractivity contribution >= 4 is 23.7 Å². The van der Waals surface area contributed by atoms with E-state index in [1.54, 1.807) is 0 Å². The molecular formula is C15H21N5O4. The highest BCUT2D eigenvalue weighted by Gasteiger charge is 2.17. The third-order valence-electron chi connectivity index (χ3n) is 3.99. The summed E-state index contributed by atoms with van der Waals surface area (Å²) in [5.74, 6) is -0.671. The molecule has 0 radical (unpaired) electrons. The number of nitro groups is 1. The molecule has 1 aliphatic heterocycles. The van der Waals surface area contributed by atoms with Crippen molar-refractivity contribution in [1.82, 2.24) is 15.1 Å². The van der Waals surface area contributed by atoms with Crippen LogP contribution in [0.4, 0.5) is 11.4 Å². The van der Waals surface area contributed by atoms with Crippen LogP contribution in [0.1, 0.15) is 10.4 Å². The zero-order chi connectivity index (χ0) is 17.5. The van der Waals surface area contributed by atoms with E-state index in [2.05, 4.69) is 22.2 Å². The fourth-order valence-electron chi connectivity index (χ4n) is 2.54. The summed E-state index contributed by atoms with van der Waals surface area (Å²) < 4.78 is 0. The lowest BCUT2D eigenvalue weighted by Crippen LogP contribution is -2.45. The van der Waals surface area contributed by atoms with Crippen LogP contribution in [0, 0.1) is 10.1 Å². The first-order valence-electron chi connectivity index (χ1n) is 7.69. The van der Waals surface area contributed by atoms with E-state index in [0.717, 1.165) is 38.8 Å². The number of piperazine rings is 1. The number of likely N-dealkylation sites (N-methyl/N-ethyl adjacent to an activating group) is 1. The van der Waals surface area contributed by atoms with Gasteiger partial charge in [0, 0.05) is 57.1 Å². The molecule has 1 heterocycles. The maximum Gasteiger partial charge on any atom is 0.270 e. The molecule has 0 aliphatic carbocycles. The van der Waals surface area contributed by atoms with Crippen LogP contribution in [0.15, 0.2) is 18.2 Å². The summed E-state index contributed by atoms with van der Waals surface area (Å²) in [5.41, 5.74) is 0.347. The van der Waals surface area contributed by atoms with E-state index in [-0.39, 0.29) is 17.7 Å². The number of nitrogens with zero attached hydrogens (tertiary/aromatic N) is 3. The summed E-state index contributed by atoms with van der Waals surface area (Å²) in [6.07, 6.45) is 0.259. The number of benzene rings is 1. The number of hydrogen-bond donors (Lipinski definition) is 2. The summed E-state index contributed by atoms with van der Waals surface area (Å²) >= 11 is 0. The van der Waals surface area contributed by atoms with Gasteiger partial charge in [0.05, 0.1) is 10.5 Å². The molecule has 1 aromatic carbocycles. The Hall–Kier alpha value is -2.52. The second-order valence-electron chi connectivity index (χ2n) is 5.65. The van der Waals surface area contributed by atoms with Crippen molar-refractivity contribution in [3.63, 3.8) is 0 Å². The average molecular weight is 335 g/mol. The Kier molecular flexibility index (Phi) is 6.21. The first kappa shape index (κ1) is 17.8. The van der Waals surface area contributed by atoms with Gasteiger partial charge in [-0.1, -0.05) is 0 Å². The Morgan fingerprint density at radius 2 is 2.04 bits per heavy atom. The fourth-order valence-corrected chi connectivity index (χ4v) is 2.54. The summed E-state index contributed by atoms with van der Waals surface area (Å²) in [6, 6.07) is 3.98. The van der Waals surface area contributed by atoms with Gasteiger partial charge < -0.3 is 10.2 Å². The number of non-ortho nitro benzene ring substituents is 1. The highest BCUT2D eigenvalue weighted by atomic mass is 16.6. The third-order valence-corrected chi connectivity index (χ3v) is 3.99. The van der Waals surface area contributed by atoms with Crippen molar-refractivity contribution in [2.45, 2.75) is 0 Å². The van der Waals surface area contributed by atoms with Crippen LogP contribution >= 0.6 is 0 Å². The molecule has 2 rings (SSSR count). The Labute approximate surface area is 139 Å². The third kappa shape index (κ3) is 4.74. The molecule has 1 saturated heterocycles. The van der Waals surface area contributed by atoms with Crippen molar-refractivity contribution < 1.29 is 14.5 Å². The SMILES string of the molecule is CN1CCN(CCNc2ccc([N+](=O)[O-])cc2C(=O)NC=O)CC1. The minimum absolute atomic E-state index is 0.0784. The van der Waals surface area contributed by atoms with Gasteiger partial charge >= 0.3 is 0 Å². The van der Waals surface area contributed by atoms with Crippen LogP contribution in [0.3, 0.4) is 0 Å². The summed E-state index contributed by atoms with van der Waals surface area (Å²) in [4.78, 5) is 37.3. The molecule has 1 aromatic rings. The zero-order valence-corrected chi connectivity index (χ0v) is 13.5. The van der Waals surface area contributed by atoms with Crippen molar-refractivity contribution in [2.24, 2.45) is 0 Å². The van der Waals surface area contributed by atoms with Crippen LogP contribution in [0.25, 0.3) is 0 Å². The Balaban J connectivity index is 2.01. The molecule has 24 heavy (non-hydrogen) atoms. The minimum atomic E-state index is -0.671. The smallest absolute Gasteiger partial charge is 0.270 e. The Morgan fingerprint density at radius 1 is 1.33 bits per heavy atom. The number of rotatable bonds is 7. The number of carbonyl (C=O) groups excluding carboxylic acids is 2. The lowest BCUT2D eigenvalue weighted by Gasteiger charge is -2.32. The molecule has 130 valence electrons. The van der Waals surface area contributed by atoms with Crippen molar-refractivity contribution in [3.8, 4) is 0 Å². The molecule has 1 aliphatic rings. The molecule has 0 unspecified atom stereocenters. The molecular weight excluding hydrogens is 314 g/mol. The quantitative estimate of drug-likeness (QED) is 0.414. The predicted molar refractivity (Wildman–Crippen MR) is 89.1 cm³/mol. The van der Waals surface area contributed by atoms with Gasteiger partial charge in [0.15, 0.2) is 0 Å². The molecule has 1 fully saturated rings. The summed E-state index contributed by atoms with van der Waals surface area (Å²) in [5, 5.41) is 16.0. The summed E-state index contributed by atoms with van der Waals surface area (Å²) in [7, 11) is 2.09. The van der Waals surface area contributed by atoms with E-state index in [0.29, 0.717) is 12.2 Å². The van der Waals surface area contributed by atoms with Crippen LogP contribution in [0.5, 0.6) is 0 Å². The number of amides is 2. The van der Waals surface area contributed by atoms with Crippen LogP contribution in [-0.4, -0.2) is 73.4 Å². The lowest BCUT2D eigenvalue weighted by molar-refractivity contribution is -0.384. The summed E-state index contributed by atoms with van der Waals surface area (Å²) in [6.45, 7) is 5.41. The van der Waals surface area contributed by atoms with E-state index >= 15 is 0 Å². The highest BCUT2D eigenvalue weighted by Crippen LogP contribution is 2.22. The second kappa shape index (κ2) is 8.37. The monoisotopic (exact) mass is 335 g/mol. The molecule has 0 spiro atoms. The average Bonchev–Trinajstić information content (AvgIpc) is 2.57. The van der Waals surface area contributed by atoms with Crippen molar-refractivity contribution in [1.29, 1.82) is 0 Å². The van der Waals surface area contributed by atoms with Crippen LogP contribution in [-0.2, 0) is 4.79 Å². The van der Waals surface area contributed by atoms with E-state index < -0.39 is 10.8 Å². The van der Waals surface area contributed by atoms with Crippen LogP contribution < -0.4 is 10.6 Å². The van der Waals surface area contributed by atoms with Gasteiger partial charge in [-0.15, -0.1) is 0 Å². The van der Waals surface area contributed by atoms with Crippen molar-refractivity contribution in [2.75, 3.05) is 51.6 Å². The number of nitro benzene ring substituents is 1. The molecule has 2 N–H and O–H groups in total. The van der Waals surface area contributed by atoms with Gasteiger partial charge in [0.25, 0.3) is 11.6 Å². The van der Waals surface area contributed by atoms with E-state index in [4.69, 9.17) is 0 Å². The Bertz CT molecular complexity index is 614. The molecule has 2 amide bonds. The Morgan fingerprint density at radius 3 is 2.67 bits per heavy atom. The van der Waals surface area contributed by atoms with Crippen molar-refractivity contribution in [3.05, 3.63) is 33.9 Å². The molecule has 0 saturated carbocycles. The van der Waals surface area contributed by atoms with Crippen LogP contribution in [0.2, 0.25) is 0 Å². The van der Waals surface area contributed by atoms with Gasteiger partial charge in [0.2, 0.25) is 6.41 Å².